The van der Waals surface area contributed by atoms with Crippen LogP contribution >= 0.6 is 11.6 Å². The minimum absolute atomic E-state index is 0.107. The number of nitrogens with zero attached hydrogens (tertiary/aromatic N) is 3. The van der Waals surface area contributed by atoms with Crippen molar-refractivity contribution in [3.63, 3.8) is 0 Å². The number of hydrogen-bond acceptors (Lipinski definition) is 3. The van der Waals surface area contributed by atoms with Gasteiger partial charge in [-0.1, -0.05) is 32.4 Å². The van der Waals surface area contributed by atoms with E-state index in [1.807, 2.05) is 18.3 Å². The summed E-state index contributed by atoms with van der Waals surface area (Å²) in [5.41, 5.74) is 0.146. The van der Waals surface area contributed by atoms with Crippen molar-refractivity contribution in [3.8, 4) is 0 Å². The minimum atomic E-state index is -0.107. The molecule has 0 fully saturated rings. The average molecular weight is 204 g/mol. The second kappa shape index (κ2) is 3.74. The topological polar surface area (TPSA) is 18.8 Å². The first-order valence-corrected chi connectivity index (χ1v) is 5.08. The highest BCUT2D eigenvalue weighted by molar-refractivity contribution is 6.20. The highest BCUT2D eigenvalue weighted by Crippen LogP contribution is 2.22. The van der Waals surface area contributed by atoms with Gasteiger partial charge in [-0.25, -0.2) is 0 Å². The molecule has 0 aromatic rings. The van der Waals surface area contributed by atoms with E-state index >= 15 is 0 Å². The minimum Gasteiger partial charge on any atom is -0.326 e. The van der Waals surface area contributed by atoms with Crippen LogP contribution in [0.3, 0.4) is 0 Å². The molecule has 0 aliphatic carbocycles. The van der Waals surface area contributed by atoms with Crippen LogP contribution in [-0.4, -0.2) is 35.0 Å². The molecule has 13 heavy (non-hydrogen) atoms. The van der Waals surface area contributed by atoms with Gasteiger partial charge in [0.05, 0.1) is 0 Å². The van der Waals surface area contributed by atoms with Gasteiger partial charge in [0.15, 0.2) is 5.62 Å². The second-order valence-corrected chi connectivity index (χ2v) is 4.92. The monoisotopic (exact) mass is 203 g/mol. The standard InChI is InChI=1S/C9H18ClN3/c1-5-13-8(10)12(7-11-13)6-9(2,3)4/h7-8H,5-6H2,1-4H3. The first-order chi connectivity index (χ1) is 5.94. The predicted molar refractivity (Wildman–Crippen MR) is 56.7 cm³/mol. The summed E-state index contributed by atoms with van der Waals surface area (Å²) in [6, 6.07) is 0. The van der Waals surface area contributed by atoms with Gasteiger partial charge in [-0.15, -0.1) is 0 Å². The molecule has 1 rings (SSSR count). The van der Waals surface area contributed by atoms with Crippen molar-refractivity contribution in [3.05, 3.63) is 0 Å². The summed E-state index contributed by atoms with van der Waals surface area (Å²) in [7, 11) is 0. The summed E-state index contributed by atoms with van der Waals surface area (Å²) >= 11 is 6.18. The molecule has 0 bridgehead atoms. The molecule has 0 N–H and O–H groups in total. The van der Waals surface area contributed by atoms with Gasteiger partial charge in [-0.2, -0.15) is 5.10 Å². The Labute approximate surface area is 85.3 Å². The lowest BCUT2D eigenvalue weighted by molar-refractivity contribution is 0.173. The van der Waals surface area contributed by atoms with Crippen molar-refractivity contribution in [1.82, 2.24) is 9.91 Å². The lowest BCUT2D eigenvalue weighted by Crippen LogP contribution is -2.39. The van der Waals surface area contributed by atoms with E-state index in [0.29, 0.717) is 0 Å². The van der Waals surface area contributed by atoms with Crippen LogP contribution in [0.25, 0.3) is 0 Å². The van der Waals surface area contributed by atoms with E-state index < -0.39 is 0 Å². The molecule has 0 spiro atoms. The van der Waals surface area contributed by atoms with Crippen molar-refractivity contribution in [1.29, 1.82) is 0 Å². The fraction of sp³-hybridized carbons (Fsp3) is 0.889. The highest BCUT2D eigenvalue weighted by atomic mass is 35.5. The van der Waals surface area contributed by atoms with Crippen LogP contribution in [0.4, 0.5) is 0 Å². The summed E-state index contributed by atoms with van der Waals surface area (Å²) < 4.78 is 0. The summed E-state index contributed by atoms with van der Waals surface area (Å²) in [6.07, 6.45) is 1.83. The molecule has 1 aliphatic heterocycles. The van der Waals surface area contributed by atoms with Crippen molar-refractivity contribution in [2.24, 2.45) is 10.5 Å². The molecule has 1 unspecified atom stereocenters. The molecular weight excluding hydrogens is 186 g/mol. The maximum Gasteiger partial charge on any atom is 0.195 e. The fourth-order valence-corrected chi connectivity index (χ4v) is 1.62. The Balaban J connectivity index is 2.51. The van der Waals surface area contributed by atoms with Crippen LogP contribution < -0.4 is 0 Å². The van der Waals surface area contributed by atoms with E-state index in [9.17, 15) is 0 Å². The molecule has 76 valence electrons. The molecule has 0 radical (unpaired) electrons. The average Bonchev–Trinajstić information content (AvgIpc) is 2.30. The lowest BCUT2D eigenvalue weighted by Gasteiger charge is -2.30. The molecule has 1 atom stereocenters. The molecule has 3 nitrogen and oxygen atoms in total. The maximum atomic E-state index is 6.18. The van der Waals surface area contributed by atoms with Gasteiger partial charge in [-0.3, -0.25) is 5.01 Å². The Morgan fingerprint density at radius 1 is 1.46 bits per heavy atom. The van der Waals surface area contributed by atoms with E-state index in [4.69, 9.17) is 11.6 Å². The number of alkyl halides is 1. The number of hydrogen-bond donors (Lipinski definition) is 0. The normalized spacial score (nSPS) is 23.0. The number of rotatable bonds is 2. The van der Waals surface area contributed by atoms with Gasteiger partial charge in [0.1, 0.15) is 6.34 Å². The zero-order valence-corrected chi connectivity index (χ0v) is 9.54. The quantitative estimate of drug-likeness (QED) is 0.506. The van der Waals surface area contributed by atoms with Crippen LogP contribution in [0.2, 0.25) is 0 Å². The predicted octanol–water partition coefficient (Wildman–Crippen LogP) is 2.14. The van der Waals surface area contributed by atoms with Gasteiger partial charge in [-0.05, 0) is 12.3 Å². The fourth-order valence-electron chi connectivity index (χ4n) is 1.31. The van der Waals surface area contributed by atoms with Gasteiger partial charge in [0, 0.05) is 13.1 Å². The van der Waals surface area contributed by atoms with Crippen molar-refractivity contribution in [2.75, 3.05) is 13.1 Å². The summed E-state index contributed by atoms with van der Waals surface area (Å²) in [5, 5.41) is 6.07. The maximum absolute atomic E-state index is 6.18. The van der Waals surface area contributed by atoms with Crippen LogP contribution in [-0.2, 0) is 0 Å². The molecule has 0 saturated heterocycles. The Morgan fingerprint density at radius 3 is 2.46 bits per heavy atom. The van der Waals surface area contributed by atoms with Gasteiger partial charge in [0.2, 0.25) is 0 Å². The van der Waals surface area contributed by atoms with Crippen molar-refractivity contribution >= 4 is 17.9 Å². The Kier molecular flexibility index (Phi) is 3.06. The Bertz CT molecular complexity index is 198. The molecule has 1 heterocycles. The lowest BCUT2D eigenvalue weighted by atomic mass is 9.96. The molecular formula is C9H18ClN3. The molecule has 0 saturated carbocycles. The molecule has 4 heteroatoms. The van der Waals surface area contributed by atoms with Crippen molar-refractivity contribution < 1.29 is 0 Å². The molecule has 1 aliphatic rings. The zero-order chi connectivity index (χ0) is 10.1. The first kappa shape index (κ1) is 10.6. The SMILES string of the molecule is CCN1N=CN(CC(C)(C)C)C1Cl. The summed E-state index contributed by atoms with van der Waals surface area (Å²) in [5.74, 6) is 0. The second-order valence-electron chi connectivity index (χ2n) is 4.53. The Morgan fingerprint density at radius 2 is 2.08 bits per heavy atom. The smallest absolute Gasteiger partial charge is 0.195 e. The highest BCUT2D eigenvalue weighted by Gasteiger charge is 2.27. The third-order valence-electron chi connectivity index (χ3n) is 1.85. The summed E-state index contributed by atoms with van der Waals surface area (Å²) in [4.78, 5) is 2.06. The van der Waals surface area contributed by atoms with E-state index in [0.717, 1.165) is 13.1 Å². The van der Waals surface area contributed by atoms with Gasteiger partial charge in [0.25, 0.3) is 0 Å². The molecule has 0 amide bonds. The van der Waals surface area contributed by atoms with E-state index in [1.165, 1.54) is 0 Å². The Hall–Kier alpha value is -0.440. The van der Waals surface area contributed by atoms with Crippen LogP contribution in [0, 0.1) is 5.41 Å². The molecule has 0 aromatic carbocycles. The zero-order valence-electron chi connectivity index (χ0n) is 8.79. The van der Waals surface area contributed by atoms with Crippen LogP contribution in [0.15, 0.2) is 5.10 Å². The van der Waals surface area contributed by atoms with Crippen molar-refractivity contribution in [2.45, 2.75) is 33.3 Å². The first-order valence-electron chi connectivity index (χ1n) is 4.64. The largest absolute Gasteiger partial charge is 0.326 e. The third-order valence-corrected chi connectivity index (χ3v) is 2.32. The van der Waals surface area contributed by atoms with Gasteiger partial charge >= 0.3 is 0 Å². The van der Waals surface area contributed by atoms with Crippen LogP contribution in [0.1, 0.15) is 27.7 Å². The molecule has 0 aromatic heterocycles. The number of hydrazone groups is 1. The van der Waals surface area contributed by atoms with E-state index in [1.54, 1.807) is 0 Å². The van der Waals surface area contributed by atoms with E-state index in [2.05, 4.69) is 30.8 Å². The summed E-state index contributed by atoms with van der Waals surface area (Å²) in [6.45, 7) is 10.4. The van der Waals surface area contributed by atoms with Gasteiger partial charge < -0.3 is 4.90 Å². The van der Waals surface area contributed by atoms with E-state index in [-0.39, 0.29) is 11.0 Å². The third kappa shape index (κ3) is 2.76. The van der Waals surface area contributed by atoms with Crippen LogP contribution in [0.5, 0.6) is 0 Å². The number of halogens is 1.